The molecule has 2 aliphatic rings. The third-order valence-corrected chi connectivity index (χ3v) is 7.22. The Bertz CT molecular complexity index is 1390. The second-order valence-corrected chi connectivity index (χ2v) is 10.2. The Morgan fingerprint density at radius 1 is 0.977 bits per heavy atom. The van der Waals surface area contributed by atoms with E-state index in [2.05, 4.69) is 17.0 Å². The molecule has 1 saturated heterocycles. The number of carboxylic acid groups (broad SMARTS) is 2. The summed E-state index contributed by atoms with van der Waals surface area (Å²) in [5.41, 5.74) is 3.98. The number of likely N-dealkylation sites (tertiary alicyclic amines) is 1. The van der Waals surface area contributed by atoms with Gasteiger partial charge in [-0.1, -0.05) is 12.1 Å². The Balaban J connectivity index is 0.000000303. The zero-order chi connectivity index (χ0) is 32.0. The maximum Gasteiger partial charge on any atom is 0.490 e. The molecule has 232 valence electrons. The molecule has 1 spiro atoms. The first-order chi connectivity index (χ1) is 20.1. The van der Waals surface area contributed by atoms with Crippen LogP contribution in [0.4, 0.5) is 32.0 Å². The summed E-state index contributed by atoms with van der Waals surface area (Å²) in [6.45, 7) is 3.51. The number of hydrogen-bond donors (Lipinski definition) is 2. The molecule has 0 aliphatic carbocycles. The maximum atomic E-state index is 13.1. The summed E-state index contributed by atoms with van der Waals surface area (Å²) in [4.78, 5) is 40.1. The monoisotopic (exact) mass is 633 g/mol. The Labute approximate surface area is 244 Å². The SMILES string of the molecule is COc1ccc(CN2CCC3(C2)CN(C(=O)c2ccsc2)c2cccnc23)cc1.O=C(O)C(F)(F)F.O=C(O)C(F)(F)F. The molecule has 43 heavy (non-hydrogen) atoms. The van der Waals surface area contributed by atoms with E-state index >= 15 is 0 Å². The topological polar surface area (TPSA) is 120 Å². The number of nitrogens with zero attached hydrogens (tertiary/aromatic N) is 3. The van der Waals surface area contributed by atoms with Crippen LogP contribution >= 0.6 is 11.3 Å². The summed E-state index contributed by atoms with van der Waals surface area (Å²) >= 11 is 1.56. The van der Waals surface area contributed by atoms with Gasteiger partial charge in [-0.15, -0.1) is 0 Å². The van der Waals surface area contributed by atoms with E-state index in [0.29, 0.717) is 6.54 Å². The quantitative estimate of drug-likeness (QED) is 0.376. The van der Waals surface area contributed by atoms with E-state index < -0.39 is 24.3 Å². The van der Waals surface area contributed by atoms with Gasteiger partial charge in [0.05, 0.1) is 24.1 Å². The number of amides is 1. The molecule has 4 heterocycles. The van der Waals surface area contributed by atoms with Crippen LogP contribution in [-0.4, -0.2) is 77.0 Å². The van der Waals surface area contributed by atoms with Crippen LogP contribution in [0.3, 0.4) is 0 Å². The van der Waals surface area contributed by atoms with Crippen molar-refractivity contribution < 1.29 is 55.7 Å². The number of anilines is 1. The number of ether oxygens (including phenoxy) is 1. The number of fused-ring (bicyclic) bond motifs is 2. The number of carbonyl (C=O) groups is 3. The van der Waals surface area contributed by atoms with Gasteiger partial charge in [0.15, 0.2) is 0 Å². The average Bonchev–Trinajstić information content (AvgIpc) is 3.69. The first kappa shape index (κ1) is 33.3. The highest BCUT2D eigenvalue weighted by Crippen LogP contribution is 2.45. The molecule has 0 bridgehead atoms. The molecule has 1 unspecified atom stereocenters. The average molecular weight is 634 g/mol. The van der Waals surface area contributed by atoms with Crippen LogP contribution in [0.2, 0.25) is 0 Å². The van der Waals surface area contributed by atoms with Crippen molar-refractivity contribution in [2.75, 3.05) is 31.6 Å². The van der Waals surface area contributed by atoms with Crippen LogP contribution in [-0.2, 0) is 21.5 Å². The predicted molar refractivity (Wildman–Crippen MR) is 142 cm³/mol. The lowest BCUT2D eigenvalue weighted by Gasteiger charge is -2.25. The zero-order valence-electron chi connectivity index (χ0n) is 22.4. The van der Waals surface area contributed by atoms with Gasteiger partial charge in [-0.2, -0.15) is 37.7 Å². The normalized spacial score (nSPS) is 17.8. The van der Waals surface area contributed by atoms with E-state index in [-0.39, 0.29) is 11.3 Å². The van der Waals surface area contributed by atoms with Crippen LogP contribution in [0.1, 0.15) is 28.0 Å². The molecule has 2 aliphatic heterocycles. The van der Waals surface area contributed by atoms with Crippen molar-refractivity contribution in [1.29, 1.82) is 0 Å². The minimum absolute atomic E-state index is 0.0750. The van der Waals surface area contributed by atoms with Crippen LogP contribution in [0.25, 0.3) is 0 Å². The Morgan fingerprint density at radius 3 is 2.09 bits per heavy atom. The van der Waals surface area contributed by atoms with Gasteiger partial charge < -0.3 is 19.8 Å². The largest absolute Gasteiger partial charge is 0.497 e. The van der Waals surface area contributed by atoms with Crippen molar-refractivity contribution in [3.05, 3.63) is 76.2 Å². The Kier molecular flexibility index (Phi) is 10.4. The molecule has 9 nitrogen and oxygen atoms in total. The van der Waals surface area contributed by atoms with Gasteiger partial charge in [-0.05, 0) is 54.2 Å². The Morgan fingerprint density at radius 2 is 1.58 bits per heavy atom. The van der Waals surface area contributed by atoms with Gasteiger partial charge in [0, 0.05) is 36.6 Å². The summed E-state index contributed by atoms with van der Waals surface area (Å²) in [5, 5.41) is 18.1. The second kappa shape index (κ2) is 13.4. The van der Waals surface area contributed by atoms with Gasteiger partial charge in [-0.3, -0.25) is 14.7 Å². The molecule has 5 rings (SSSR count). The summed E-state index contributed by atoms with van der Waals surface area (Å²) in [5.74, 6) is -4.56. The zero-order valence-corrected chi connectivity index (χ0v) is 23.2. The van der Waals surface area contributed by atoms with E-state index in [4.69, 9.17) is 29.5 Å². The lowest BCUT2D eigenvalue weighted by molar-refractivity contribution is -0.193. The van der Waals surface area contributed by atoms with E-state index in [1.165, 1.54) is 5.56 Å². The van der Waals surface area contributed by atoms with E-state index in [1.807, 2.05) is 52.2 Å². The second-order valence-electron chi connectivity index (χ2n) is 9.47. The van der Waals surface area contributed by atoms with E-state index in [9.17, 15) is 31.1 Å². The highest BCUT2D eigenvalue weighted by molar-refractivity contribution is 7.08. The highest BCUT2D eigenvalue weighted by Gasteiger charge is 2.50. The standard InChI is InChI=1S/C23H23N3O2S.2C2HF3O2/c1-28-19-6-4-17(5-7-19)13-25-11-9-23(15-25)16-26(20-3-2-10-24-21(20)23)22(27)18-8-12-29-14-18;2*3-2(4,5)1(6)7/h2-8,10,12,14H,9,11,13,15-16H2,1H3;2*(H,6,7). The lowest BCUT2D eigenvalue weighted by atomic mass is 9.85. The lowest BCUT2D eigenvalue weighted by Crippen LogP contribution is -2.39. The van der Waals surface area contributed by atoms with Crippen molar-refractivity contribution in [3.8, 4) is 5.75 Å². The fraction of sp³-hybridized carbons (Fsp3) is 0.333. The summed E-state index contributed by atoms with van der Waals surface area (Å²) in [7, 11) is 1.69. The first-order valence-corrected chi connectivity index (χ1v) is 13.3. The summed E-state index contributed by atoms with van der Waals surface area (Å²) in [6, 6.07) is 14.1. The molecule has 1 fully saturated rings. The molecular formula is C27H25F6N3O6S. The van der Waals surface area contributed by atoms with Crippen LogP contribution < -0.4 is 9.64 Å². The molecule has 3 aromatic rings. The number of carboxylic acids is 2. The van der Waals surface area contributed by atoms with Gasteiger partial charge in [0.2, 0.25) is 0 Å². The molecular weight excluding hydrogens is 608 g/mol. The number of benzene rings is 1. The molecule has 2 aromatic heterocycles. The van der Waals surface area contributed by atoms with Crippen molar-refractivity contribution in [1.82, 2.24) is 9.88 Å². The van der Waals surface area contributed by atoms with Crippen molar-refractivity contribution >= 4 is 34.9 Å². The molecule has 1 aromatic carbocycles. The summed E-state index contributed by atoms with van der Waals surface area (Å²) < 4.78 is 68.7. The number of aliphatic carboxylic acids is 2. The van der Waals surface area contributed by atoms with Gasteiger partial charge in [0.1, 0.15) is 5.75 Å². The third-order valence-electron chi connectivity index (χ3n) is 6.54. The third kappa shape index (κ3) is 8.44. The van der Waals surface area contributed by atoms with Gasteiger partial charge >= 0.3 is 24.3 Å². The number of methoxy groups -OCH3 is 1. The smallest absolute Gasteiger partial charge is 0.490 e. The van der Waals surface area contributed by atoms with Crippen molar-refractivity contribution in [2.45, 2.75) is 30.7 Å². The van der Waals surface area contributed by atoms with Crippen LogP contribution in [0, 0.1) is 0 Å². The first-order valence-electron chi connectivity index (χ1n) is 12.3. The molecule has 0 saturated carbocycles. The van der Waals surface area contributed by atoms with E-state index in [1.54, 1.807) is 18.4 Å². The molecule has 16 heteroatoms. The van der Waals surface area contributed by atoms with Gasteiger partial charge in [-0.25, -0.2) is 9.59 Å². The fourth-order valence-electron chi connectivity index (χ4n) is 4.61. The van der Waals surface area contributed by atoms with Crippen LogP contribution in [0.5, 0.6) is 5.75 Å². The Hall–Kier alpha value is -4.18. The molecule has 1 atom stereocenters. The maximum absolute atomic E-state index is 13.1. The molecule has 1 amide bonds. The minimum atomic E-state index is -5.08. The number of aromatic nitrogens is 1. The van der Waals surface area contributed by atoms with Crippen LogP contribution in [0.15, 0.2) is 59.4 Å². The van der Waals surface area contributed by atoms with Crippen molar-refractivity contribution in [2.24, 2.45) is 0 Å². The number of hydrogen-bond acceptors (Lipinski definition) is 7. The minimum Gasteiger partial charge on any atom is -0.497 e. The molecule has 0 radical (unpaired) electrons. The predicted octanol–water partition coefficient (Wildman–Crippen LogP) is 5.22. The van der Waals surface area contributed by atoms with Gasteiger partial charge in [0.25, 0.3) is 5.91 Å². The number of thiophene rings is 1. The number of rotatable bonds is 4. The van der Waals surface area contributed by atoms with Crippen molar-refractivity contribution in [3.63, 3.8) is 0 Å². The number of carbonyl (C=O) groups excluding carboxylic acids is 1. The number of halogens is 6. The van der Waals surface area contributed by atoms with E-state index in [0.717, 1.165) is 48.7 Å². The molecule has 2 N–H and O–H groups in total. The number of alkyl halides is 6. The highest BCUT2D eigenvalue weighted by atomic mass is 32.1. The number of pyridine rings is 1. The summed E-state index contributed by atoms with van der Waals surface area (Å²) in [6.07, 6.45) is -7.30. The fourth-order valence-corrected chi connectivity index (χ4v) is 5.24.